The maximum absolute atomic E-state index is 15.7. The molecule has 29 heteroatoms. The van der Waals surface area contributed by atoms with Crippen molar-refractivity contribution < 1.29 is 75.4 Å². The molecular weight excluding hydrogens is 1310 g/mol. The van der Waals surface area contributed by atoms with E-state index in [-0.39, 0.29) is 83.7 Å². The smallest absolute Gasteiger partial charge is 0.378 e. The number of fused-ring (bicyclic) bond motifs is 1. The summed E-state index contributed by atoms with van der Waals surface area (Å²) in [6.45, 7) is 4.45. The van der Waals surface area contributed by atoms with Crippen LogP contribution in [0.3, 0.4) is 0 Å². The summed E-state index contributed by atoms with van der Waals surface area (Å²) in [7, 11) is 9.91. The molecule has 6 fully saturated rings. The van der Waals surface area contributed by atoms with Crippen molar-refractivity contribution in [2.24, 2.45) is 17.8 Å². The van der Waals surface area contributed by atoms with Crippen LogP contribution in [0.2, 0.25) is 5.02 Å². The van der Waals surface area contributed by atoms with Crippen molar-refractivity contribution in [2.75, 3.05) is 102 Å². The van der Waals surface area contributed by atoms with Gasteiger partial charge in [-0.15, -0.1) is 0 Å². The number of benzene rings is 1. The maximum Gasteiger partial charge on any atom is 0.417 e. The number of amides is 12. The lowest BCUT2D eigenvalue weighted by atomic mass is 9.81. The van der Waals surface area contributed by atoms with Gasteiger partial charge in [0.1, 0.15) is 47.8 Å². The van der Waals surface area contributed by atoms with E-state index in [9.17, 15) is 51.5 Å². The van der Waals surface area contributed by atoms with E-state index in [4.69, 9.17) is 16.3 Å². The first-order valence-electron chi connectivity index (χ1n) is 35.6. The molecule has 3 saturated carbocycles. The van der Waals surface area contributed by atoms with Crippen LogP contribution in [0.1, 0.15) is 167 Å². The second-order valence-corrected chi connectivity index (χ2v) is 28.9. The minimum atomic E-state index is -4.76. The average Bonchev–Trinajstić information content (AvgIpc) is 1.75. The summed E-state index contributed by atoms with van der Waals surface area (Å²) in [5.41, 5.74) is -2.35. The third-order valence-electron chi connectivity index (χ3n) is 21.6. The van der Waals surface area contributed by atoms with E-state index >= 15 is 19.2 Å². The Labute approximate surface area is 585 Å². The third kappa shape index (κ3) is 19.7. The van der Waals surface area contributed by atoms with Crippen molar-refractivity contribution in [3.8, 4) is 0 Å². The van der Waals surface area contributed by atoms with Crippen LogP contribution in [0.4, 0.5) is 13.2 Å². The normalized spacial score (nSPS) is 26.9. The molecule has 1 aromatic rings. The number of hydrogen-bond donors (Lipinski definition) is 3. The van der Waals surface area contributed by atoms with E-state index in [2.05, 4.69) is 16.0 Å². The second kappa shape index (κ2) is 35.5. The number of aryl methyl sites for hydroxylation is 1. The average molecular weight is 1420 g/mol. The molecule has 25 nitrogen and oxygen atoms in total. The molecule has 552 valence electrons. The molecule has 3 aliphatic heterocycles. The number of nitrogens with one attached hydrogen (secondary N) is 3. The van der Waals surface area contributed by atoms with Gasteiger partial charge in [0, 0.05) is 69.0 Å². The first kappa shape index (κ1) is 79.2. The van der Waals surface area contributed by atoms with Gasteiger partial charge in [-0.05, 0) is 99.7 Å². The summed E-state index contributed by atoms with van der Waals surface area (Å²) in [6.07, 6.45) is 4.10. The Hall–Kier alpha value is -7.10. The molecule has 3 aliphatic carbocycles. The fraction of sp³-hybridized carbons (Fsp3) is 0.743. The van der Waals surface area contributed by atoms with Crippen LogP contribution in [0.5, 0.6) is 0 Å². The van der Waals surface area contributed by atoms with Crippen LogP contribution in [-0.4, -0.2) is 265 Å². The Bertz CT molecular complexity index is 3080. The van der Waals surface area contributed by atoms with Gasteiger partial charge >= 0.3 is 6.18 Å². The fourth-order valence-electron chi connectivity index (χ4n) is 15.2. The van der Waals surface area contributed by atoms with E-state index in [0.29, 0.717) is 50.5 Å². The van der Waals surface area contributed by atoms with Crippen molar-refractivity contribution in [3.05, 3.63) is 34.3 Å². The molecule has 0 bridgehead atoms. The zero-order valence-corrected chi connectivity index (χ0v) is 60.3. The van der Waals surface area contributed by atoms with Crippen LogP contribution in [-0.2, 0) is 74.9 Å². The summed E-state index contributed by atoms with van der Waals surface area (Å²) in [5, 5.41) is 8.12. The number of rotatable bonds is 11. The first-order valence-corrected chi connectivity index (χ1v) is 36.0. The number of carbonyl (C=O) groups excluding carboxylic acids is 12. The minimum absolute atomic E-state index is 0.0283. The number of halogens is 4. The number of likely N-dealkylation sites (N-methyl/N-ethyl adjacent to an activating group) is 7. The fourth-order valence-corrected chi connectivity index (χ4v) is 15.5. The highest BCUT2D eigenvalue weighted by Gasteiger charge is 2.51. The Morgan fingerprint density at radius 3 is 1.88 bits per heavy atom. The SMILES string of the molecule is CCC[C@H]1C(=O)N[C@@H]([C@@H](C)CC)C(=O)N(C)CC(=O)N(C)CC(=O)N(C)[C@@H](CC2CCCC2)C(=O)N(C)CC(=O)N[C@@H](CCc2ccc(C(F)(F)F)c(Cl)c2)C(=O)N2CCC[C@H]2C(=O)NC2(CCCC2)C(=O)N(C)[C@@H](C2CCCCC2)C(=O)N(C)[C@H](C(=O)N2CCOCC2)CC(=O)N1C. The van der Waals surface area contributed by atoms with Crippen molar-refractivity contribution >= 4 is 82.5 Å². The van der Waals surface area contributed by atoms with Gasteiger partial charge in [0.05, 0.1) is 49.9 Å². The van der Waals surface area contributed by atoms with Crippen molar-refractivity contribution in [1.29, 1.82) is 0 Å². The molecule has 3 saturated heterocycles. The lowest BCUT2D eigenvalue weighted by Crippen LogP contribution is -2.65. The molecule has 3 heterocycles. The third-order valence-corrected chi connectivity index (χ3v) is 21.9. The van der Waals surface area contributed by atoms with E-state index in [1.165, 1.54) is 84.8 Å². The van der Waals surface area contributed by atoms with E-state index < -0.39 is 173 Å². The quantitative estimate of drug-likeness (QED) is 0.273. The van der Waals surface area contributed by atoms with Gasteiger partial charge < -0.3 is 64.8 Å². The molecular formula is C70H106ClF3N12O13. The van der Waals surface area contributed by atoms with E-state index in [0.717, 1.165) is 71.8 Å². The first-order chi connectivity index (χ1) is 46.8. The van der Waals surface area contributed by atoms with Crippen molar-refractivity contribution in [2.45, 2.75) is 216 Å². The van der Waals surface area contributed by atoms with Gasteiger partial charge in [0.25, 0.3) is 0 Å². The van der Waals surface area contributed by atoms with Gasteiger partial charge in [0.15, 0.2) is 0 Å². The molecule has 6 aliphatic rings. The van der Waals surface area contributed by atoms with Crippen molar-refractivity contribution in [1.82, 2.24) is 60.0 Å². The topological polar surface area (TPSA) is 279 Å². The standard InChI is InChI=1S/C70H106ClF3N12O13/c1-11-21-51-61(91)76-59(44(3)12-2)66(96)80(6)42-57(89)78(4)43-58(90)82(8)53(39-45-22-16-17-23-45)64(94)79(5)41-55(87)75-50(30-28-46-27-29-48(49(71)38-46)70(72,73)74)63(93)86-33-20-26-52(86)62(92)77-69(31-18-19-32-69)68(98)84(10)60(47-24-14-13-15-25-47)67(97)83(9)54(40-56(88)81(51)7)65(95)85-34-36-99-37-35-85/h27,29,38,44-45,47,50-54,59-60H,11-26,28,30-37,39-43H2,1-10H3,(H,75,87)(H,76,91)(H,77,92)/t44-,50-,51-,52-,53-,54-,59-,60-/m0/s1. The Balaban J connectivity index is 1.28. The van der Waals surface area contributed by atoms with Gasteiger partial charge in [-0.25, -0.2) is 0 Å². The molecule has 0 unspecified atom stereocenters. The second-order valence-electron chi connectivity index (χ2n) is 28.5. The van der Waals surface area contributed by atoms with E-state index in [1.54, 1.807) is 6.92 Å². The predicted molar refractivity (Wildman–Crippen MR) is 361 cm³/mol. The highest BCUT2D eigenvalue weighted by atomic mass is 35.5. The summed E-state index contributed by atoms with van der Waals surface area (Å²) in [4.78, 5) is 190. The molecule has 1 aromatic carbocycles. The number of nitrogens with zero attached hydrogens (tertiary/aromatic N) is 9. The van der Waals surface area contributed by atoms with Crippen LogP contribution in [0, 0.1) is 17.8 Å². The number of carbonyl (C=O) groups is 12. The number of hydrogen-bond acceptors (Lipinski definition) is 13. The van der Waals surface area contributed by atoms with Crippen LogP contribution in [0.25, 0.3) is 0 Å². The van der Waals surface area contributed by atoms with Gasteiger partial charge in [-0.1, -0.05) is 109 Å². The maximum atomic E-state index is 15.7. The predicted octanol–water partition coefficient (Wildman–Crippen LogP) is 4.63. The molecule has 7 rings (SSSR count). The van der Waals surface area contributed by atoms with Crippen molar-refractivity contribution in [3.63, 3.8) is 0 Å². The Morgan fingerprint density at radius 1 is 0.646 bits per heavy atom. The van der Waals surface area contributed by atoms with Crippen LogP contribution in [0.15, 0.2) is 18.2 Å². The molecule has 3 N–H and O–H groups in total. The van der Waals surface area contributed by atoms with Crippen LogP contribution >= 0.6 is 11.6 Å². The zero-order valence-electron chi connectivity index (χ0n) is 59.6. The molecule has 1 spiro atoms. The molecule has 8 atom stereocenters. The number of ether oxygens (including phenoxy) is 1. The minimum Gasteiger partial charge on any atom is -0.378 e. The molecule has 0 radical (unpaired) electrons. The summed E-state index contributed by atoms with van der Waals surface area (Å²) in [6, 6.07) is -5.61. The van der Waals surface area contributed by atoms with Gasteiger partial charge in [0.2, 0.25) is 70.9 Å². The molecule has 99 heavy (non-hydrogen) atoms. The lowest BCUT2D eigenvalue weighted by Gasteiger charge is -2.43. The molecule has 12 amide bonds. The van der Waals surface area contributed by atoms with E-state index in [1.807, 2.05) is 13.8 Å². The van der Waals surface area contributed by atoms with Crippen LogP contribution < -0.4 is 16.0 Å². The largest absolute Gasteiger partial charge is 0.417 e. The molecule has 0 aromatic heterocycles. The lowest BCUT2D eigenvalue weighted by molar-refractivity contribution is -0.158. The number of morpholine rings is 1. The Morgan fingerprint density at radius 2 is 1.26 bits per heavy atom. The van der Waals surface area contributed by atoms with Gasteiger partial charge in [-0.3, -0.25) is 57.5 Å². The Kier molecular flexibility index (Phi) is 28.4. The summed E-state index contributed by atoms with van der Waals surface area (Å²) >= 11 is 6.15. The zero-order chi connectivity index (χ0) is 72.8. The summed E-state index contributed by atoms with van der Waals surface area (Å²) in [5.74, 6) is -8.73. The number of alkyl halides is 3. The summed E-state index contributed by atoms with van der Waals surface area (Å²) < 4.78 is 47.2. The van der Waals surface area contributed by atoms with Gasteiger partial charge in [-0.2, -0.15) is 13.2 Å². The highest BCUT2D eigenvalue weighted by molar-refractivity contribution is 6.31. The highest BCUT2D eigenvalue weighted by Crippen LogP contribution is 2.38. The monoisotopic (exact) mass is 1410 g/mol.